The zero-order chi connectivity index (χ0) is 17.1. The molecule has 0 saturated carbocycles. The predicted molar refractivity (Wildman–Crippen MR) is 88.4 cm³/mol. The Labute approximate surface area is 135 Å². The topological polar surface area (TPSA) is 52.6 Å². The third kappa shape index (κ3) is 11.6. The molecule has 1 unspecified atom stereocenters. The van der Waals surface area contributed by atoms with E-state index in [0.717, 1.165) is 12.8 Å². The second-order valence-electron chi connectivity index (χ2n) is 7.33. The van der Waals surface area contributed by atoms with E-state index in [2.05, 4.69) is 13.8 Å². The van der Waals surface area contributed by atoms with Crippen LogP contribution in [0.3, 0.4) is 0 Å². The molecular weight excluding hydrogens is 280 g/mol. The summed E-state index contributed by atoms with van der Waals surface area (Å²) in [5.74, 6) is 0.255. The van der Waals surface area contributed by atoms with Crippen LogP contribution in [0.25, 0.3) is 0 Å². The highest BCUT2D eigenvalue weighted by molar-refractivity contribution is 5.79. The molecule has 0 radical (unpaired) electrons. The minimum Gasteiger partial charge on any atom is -0.465 e. The summed E-state index contributed by atoms with van der Waals surface area (Å²) in [6, 6.07) is 0. The van der Waals surface area contributed by atoms with Crippen molar-refractivity contribution < 1.29 is 19.1 Å². The van der Waals surface area contributed by atoms with Gasteiger partial charge in [0.05, 0.1) is 25.6 Å². The van der Waals surface area contributed by atoms with Crippen LogP contribution in [0, 0.1) is 23.7 Å². The van der Waals surface area contributed by atoms with Crippen LogP contribution < -0.4 is 0 Å². The summed E-state index contributed by atoms with van der Waals surface area (Å²) in [6.45, 7) is 13.1. The Morgan fingerprint density at radius 2 is 1.32 bits per heavy atom. The maximum absolute atomic E-state index is 12.2. The van der Waals surface area contributed by atoms with Crippen LogP contribution in [0.1, 0.15) is 67.2 Å². The van der Waals surface area contributed by atoms with Gasteiger partial charge in [-0.2, -0.15) is 0 Å². The van der Waals surface area contributed by atoms with E-state index >= 15 is 0 Å². The van der Waals surface area contributed by atoms with Crippen LogP contribution in [-0.4, -0.2) is 25.2 Å². The lowest BCUT2D eigenvalue weighted by Gasteiger charge is -2.17. The fourth-order valence-electron chi connectivity index (χ4n) is 1.96. The average molecular weight is 314 g/mol. The van der Waals surface area contributed by atoms with Crippen molar-refractivity contribution in [2.45, 2.75) is 67.2 Å². The first-order valence-corrected chi connectivity index (χ1v) is 8.54. The molecule has 0 rings (SSSR count). The van der Waals surface area contributed by atoms with Gasteiger partial charge in [0.1, 0.15) is 0 Å². The highest BCUT2D eigenvalue weighted by atomic mass is 16.5. The molecule has 0 aliphatic heterocycles. The summed E-state index contributed by atoms with van der Waals surface area (Å²) in [5, 5.41) is 0. The van der Waals surface area contributed by atoms with Crippen LogP contribution >= 0.6 is 0 Å². The highest BCUT2D eigenvalue weighted by Crippen LogP contribution is 2.19. The van der Waals surface area contributed by atoms with E-state index in [4.69, 9.17) is 9.47 Å². The Morgan fingerprint density at radius 3 is 1.82 bits per heavy atom. The molecule has 0 bridgehead atoms. The second-order valence-corrected chi connectivity index (χ2v) is 7.33. The van der Waals surface area contributed by atoms with E-state index < -0.39 is 0 Å². The fourth-order valence-corrected chi connectivity index (χ4v) is 1.96. The molecule has 0 N–H and O–H groups in total. The van der Waals surface area contributed by atoms with Crippen LogP contribution in [-0.2, 0) is 19.1 Å². The van der Waals surface area contributed by atoms with E-state index in [1.807, 2.05) is 27.7 Å². The van der Waals surface area contributed by atoms with Crippen molar-refractivity contribution in [3.05, 3.63) is 0 Å². The van der Waals surface area contributed by atoms with E-state index in [9.17, 15) is 9.59 Å². The Balaban J connectivity index is 4.43. The van der Waals surface area contributed by atoms with Crippen LogP contribution in [0.4, 0.5) is 0 Å². The van der Waals surface area contributed by atoms with Gasteiger partial charge in [-0.25, -0.2) is 0 Å². The molecule has 0 aliphatic carbocycles. The molecule has 0 saturated heterocycles. The Morgan fingerprint density at radius 1 is 0.773 bits per heavy atom. The van der Waals surface area contributed by atoms with E-state index in [0.29, 0.717) is 37.4 Å². The van der Waals surface area contributed by atoms with Gasteiger partial charge in [-0.15, -0.1) is 0 Å². The molecule has 0 aliphatic rings. The van der Waals surface area contributed by atoms with E-state index in [-0.39, 0.29) is 24.3 Å². The molecule has 1 atom stereocenters. The normalized spacial score (nSPS) is 12.8. The molecule has 4 heteroatoms. The summed E-state index contributed by atoms with van der Waals surface area (Å²) < 4.78 is 10.5. The third-order valence-electron chi connectivity index (χ3n) is 3.22. The van der Waals surface area contributed by atoms with Gasteiger partial charge in [-0.05, 0) is 24.2 Å². The molecular formula is C18H34O4. The molecule has 0 fully saturated rings. The van der Waals surface area contributed by atoms with Crippen molar-refractivity contribution in [3.8, 4) is 0 Å². The SMILES string of the molecule is CC(C)CCCC(CC(=O)OCC(C)C)C(=O)OCC(C)C. The van der Waals surface area contributed by atoms with Crippen LogP contribution in [0.2, 0.25) is 0 Å². The largest absolute Gasteiger partial charge is 0.465 e. The number of carbonyl (C=O) groups excluding carboxylic acids is 2. The number of rotatable bonds is 11. The molecule has 0 aromatic heterocycles. The molecule has 0 heterocycles. The monoisotopic (exact) mass is 314 g/mol. The molecule has 0 aromatic rings. The number of ether oxygens (including phenoxy) is 2. The van der Waals surface area contributed by atoms with Gasteiger partial charge >= 0.3 is 11.9 Å². The number of carbonyl (C=O) groups is 2. The molecule has 4 nitrogen and oxygen atoms in total. The lowest BCUT2D eigenvalue weighted by atomic mass is 9.95. The Hall–Kier alpha value is -1.06. The molecule has 0 spiro atoms. The quantitative estimate of drug-likeness (QED) is 0.536. The van der Waals surface area contributed by atoms with E-state index in [1.165, 1.54) is 0 Å². The first-order chi connectivity index (χ1) is 10.2. The minimum atomic E-state index is -0.378. The first-order valence-electron chi connectivity index (χ1n) is 8.54. The highest BCUT2D eigenvalue weighted by Gasteiger charge is 2.24. The summed E-state index contributed by atoms with van der Waals surface area (Å²) in [4.78, 5) is 24.0. The van der Waals surface area contributed by atoms with Gasteiger partial charge < -0.3 is 9.47 Å². The van der Waals surface area contributed by atoms with Crippen molar-refractivity contribution >= 4 is 11.9 Å². The smallest absolute Gasteiger partial charge is 0.309 e. The van der Waals surface area contributed by atoms with Crippen LogP contribution in [0.15, 0.2) is 0 Å². The predicted octanol–water partition coefficient (Wildman–Crippen LogP) is 4.22. The maximum atomic E-state index is 12.2. The lowest BCUT2D eigenvalue weighted by molar-refractivity contribution is -0.156. The zero-order valence-electron chi connectivity index (χ0n) is 15.2. The van der Waals surface area contributed by atoms with Crippen LogP contribution in [0.5, 0.6) is 0 Å². The molecule has 0 amide bonds. The number of esters is 2. The molecule has 0 aromatic carbocycles. The summed E-state index contributed by atoms with van der Waals surface area (Å²) in [6.07, 6.45) is 2.79. The minimum absolute atomic E-state index is 0.127. The average Bonchev–Trinajstić information content (AvgIpc) is 2.41. The Bertz CT molecular complexity index is 321. The maximum Gasteiger partial charge on any atom is 0.309 e. The van der Waals surface area contributed by atoms with E-state index in [1.54, 1.807) is 0 Å². The third-order valence-corrected chi connectivity index (χ3v) is 3.22. The summed E-state index contributed by atoms with van der Waals surface area (Å²) in [7, 11) is 0. The second kappa shape index (κ2) is 11.5. The molecule has 22 heavy (non-hydrogen) atoms. The van der Waals surface area contributed by atoms with Crippen molar-refractivity contribution in [1.82, 2.24) is 0 Å². The molecule has 130 valence electrons. The number of hydrogen-bond donors (Lipinski definition) is 0. The van der Waals surface area contributed by atoms with Crippen molar-refractivity contribution in [2.75, 3.05) is 13.2 Å². The van der Waals surface area contributed by atoms with Gasteiger partial charge in [0.25, 0.3) is 0 Å². The van der Waals surface area contributed by atoms with Gasteiger partial charge in [-0.3, -0.25) is 9.59 Å². The number of hydrogen-bond acceptors (Lipinski definition) is 4. The van der Waals surface area contributed by atoms with Gasteiger partial charge in [0.2, 0.25) is 0 Å². The van der Waals surface area contributed by atoms with Crippen molar-refractivity contribution in [3.63, 3.8) is 0 Å². The summed E-state index contributed by atoms with van der Waals surface area (Å²) >= 11 is 0. The lowest BCUT2D eigenvalue weighted by Crippen LogP contribution is -2.24. The van der Waals surface area contributed by atoms with Gasteiger partial charge in [-0.1, -0.05) is 54.4 Å². The zero-order valence-corrected chi connectivity index (χ0v) is 15.2. The first kappa shape index (κ1) is 20.9. The standard InChI is InChI=1S/C18H34O4/c1-13(2)8-7-9-16(18(20)22-12-15(5)6)10-17(19)21-11-14(3)4/h13-16H,7-12H2,1-6H3. The van der Waals surface area contributed by atoms with Crippen molar-refractivity contribution in [1.29, 1.82) is 0 Å². The summed E-state index contributed by atoms with van der Waals surface area (Å²) in [5.41, 5.74) is 0. The van der Waals surface area contributed by atoms with Gasteiger partial charge in [0, 0.05) is 0 Å². The van der Waals surface area contributed by atoms with Crippen molar-refractivity contribution in [2.24, 2.45) is 23.7 Å². The fraction of sp³-hybridized carbons (Fsp3) is 0.889. The Kier molecular flexibility index (Phi) is 10.9. The van der Waals surface area contributed by atoms with Gasteiger partial charge in [0.15, 0.2) is 0 Å².